The first-order chi connectivity index (χ1) is 8.25. The van der Waals surface area contributed by atoms with E-state index < -0.39 is 5.97 Å². The van der Waals surface area contributed by atoms with Crippen molar-refractivity contribution in [1.29, 1.82) is 0 Å². The Kier molecular flexibility index (Phi) is 2.18. The molecule has 0 bridgehead atoms. The number of carboxylic acid groups (broad SMARTS) is 1. The fraction of sp³-hybridized carbons (Fsp3) is 0.143. The second-order valence-electron chi connectivity index (χ2n) is 4.19. The molecule has 3 nitrogen and oxygen atoms in total. The lowest BCUT2D eigenvalue weighted by molar-refractivity contribution is 0.0696. The number of carboxylic acids is 1. The van der Waals surface area contributed by atoms with Crippen LogP contribution in [0.5, 0.6) is 0 Å². The van der Waals surface area contributed by atoms with Crippen LogP contribution < -0.4 is 0 Å². The standard InChI is InChI=1S/C14H11NO2/c16-14(17)11-7-10-6-5-9-3-1-2-4-12(9)13(10)15-8-11/h1-4,7-8H,5-6H2,(H,16,17). The smallest absolute Gasteiger partial charge is 0.337 e. The highest BCUT2D eigenvalue weighted by Gasteiger charge is 2.18. The molecule has 0 saturated heterocycles. The van der Waals surface area contributed by atoms with Gasteiger partial charge in [0.25, 0.3) is 0 Å². The number of benzene rings is 1. The van der Waals surface area contributed by atoms with Crippen LogP contribution in [0.3, 0.4) is 0 Å². The zero-order valence-corrected chi connectivity index (χ0v) is 9.18. The van der Waals surface area contributed by atoms with Crippen LogP contribution in [0.4, 0.5) is 0 Å². The van der Waals surface area contributed by atoms with E-state index in [2.05, 4.69) is 11.1 Å². The van der Waals surface area contributed by atoms with Crippen molar-refractivity contribution in [3.05, 3.63) is 53.2 Å². The first kappa shape index (κ1) is 10.0. The van der Waals surface area contributed by atoms with Crippen LogP contribution in [-0.2, 0) is 12.8 Å². The molecule has 0 aliphatic heterocycles. The zero-order chi connectivity index (χ0) is 11.8. The maximum Gasteiger partial charge on any atom is 0.337 e. The molecule has 1 N–H and O–H groups in total. The van der Waals surface area contributed by atoms with E-state index in [9.17, 15) is 4.79 Å². The largest absolute Gasteiger partial charge is 0.478 e. The molecule has 0 fully saturated rings. The van der Waals surface area contributed by atoms with Crippen molar-refractivity contribution in [2.24, 2.45) is 0 Å². The summed E-state index contributed by atoms with van der Waals surface area (Å²) < 4.78 is 0. The fourth-order valence-electron chi connectivity index (χ4n) is 2.30. The molecule has 3 heteroatoms. The topological polar surface area (TPSA) is 50.2 Å². The molecule has 0 unspecified atom stereocenters. The Morgan fingerprint density at radius 1 is 1.18 bits per heavy atom. The van der Waals surface area contributed by atoms with Crippen LogP contribution >= 0.6 is 0 Å². The Bertz CT molecular complexity index is 605. The van der Waals surface area contributed by atoms with Gasteiger partial charge in [-0.2, -0.15) is 0 Å². The summed E-state index contributed by atoms with van der Waals surface area (Å²) in [6.45, 7) is 0. The minimum Gasteiger partial charge on any atom is -0.478 e. The second kappa shape index (κ2) is 3.70. The third-order valence-corrected chi connectivity index (χ3v) is 3.15. The lowest BCUT2D eigenvalue weighted by Gasteiger charge is -2.18. The van der Waals surface area contributed by atoms with Gasteiger partial charge < -0.3 is 5.11 Å². The maximum absolute atomic E-state index is 10.9. The monoisotopic (exact) mass is 225 g/mol. The summed E-state index contributed by atoms with van der Waals surface area (Å²) in [5.74, 6) is -0.917. The molecule has 17 heavy (non-hydrogen) atoms. The zero-order valence-electron chi connectivity index (χ0n) is 9.18. The lowest BCUT2D eigenvalue weighted by Crippen LogP contribution is -2.08. The molecular formula is C14H11NO2. The van der Waals surface area contributed by atoms with Crippen molar-refractivity contribution in [2.75, 3.05) is 0 Å². The van der Waals surface area contributed by atoms with E-state index >= 15 is 0 Å². The van der Waals surface area contributed by atoms with Crippen molar-refractivity contribution >= 4 is 5.97 Å². The van der Waals surface area contributed by atoms with Crippen LogP contribution in [0.2, 0.25) is 0 Å². The van der Waals surface area contributed by atoms with E-state index in [-0.39, 0.29) is 5.56 Å². The van der Waals surface area contributed by atoms with Gasteiger partial charge in [0, 0.05) is 11.8 Å². The Morgan fingerprint density at radius 3 is 2.76 bits per heavy atom. The first-order valence-electron chi connectivity index (χ1n) is 5.56. The number of hydrogen-bond donors (Lipinski definition) is 1. The van der Waals surface area contributed by atoms with Crippen molar-refractivity contribution in [1.82, 2.24) is 4.98 Å². The molecule has 2 aromatic rings. The third-order valence-electron chi connectivity index (χ3n) is 3.15. The molecule has 0 spiro atoms. The minimum absolute atomic E-state index is 0.267. The number of fused-ring (bicyclic) bond motifs is 3. The van der Waals surface area contributed by atoms with Crippen LogP contribution in [0.1, 0.15) is 21.5 Å². The number of nitrogens with zero attached hydrogens (tertiary/aromatic N) is 1. The van der Waals surface area contributed by atoms with Crippen molar-refractivity contribution < 1.29 is 9.90 Å². The highest BCUT2D eigenvalue weighted by Crippen LogP contribution is 2.31. The van der Waals surface area contributed by atoms with Crippen LogP contribution in [-0.4, -0.2) is 16.1 Å². The second-order valence-corrected chi connectivity index (χ2v) is 4.19. The molecular weight excluding hydrogens is 214 g/mol. The molecule has 0 radical (unpaired) electrons. The number of rotatable bonds is 1. The fourth-order valence-corrected chi connectivity index (χ4v) is 2.30. The Hall–Kier alpha value is -2.16. The highest BCUT2D eigenvalue weighted by atomic mass is 16.4. The van der Waals surface area contributed by atoms with E-state index in [4.69, 9.17) is 5.11 Å². The minimum atomic E-state index is -0.917. The third kappa shape index (κ3) is 1.60. The summed E-state index contributed by atoms with van der Waals surface area (Å²) >= 11 is 0. The number of aryl methyl sites for hydroxylation is 2. The normalized spacial score (nSPS) is 12.7. The summed E-state index contributed by atoms with van der Waals surface area (Å²) in [7, 11) is 0. The van der Waals surface area contributed by atoms with E-state index in [0.717, 1.165) is 29.7 Å². The molecule has 0 atom stereocenters. The average molecular weight is 225 g/mol. The van der Waals surface area contributed by atoms with Gasteiger partial charge in [0.1, 0.15) is 0 Å². The van der Waals surface area contributed by atoms with Gasteiger partial charge in [0.05, 0.1) is 11.3 Å². The predicted octanol–water partition coefficient (Wildman–Crippen LogP) is 2.55. The summed E-state index contributed by atoms with van der Waals surface area (Å²) in [5.41, 5.74) is 4.64. The van der Waals surface area contributed by atoms with Gasteiger partial charge >= 0.3 is 5.97 Å². The van der Waals surface area contributed by atoms with E-state index in [1.807, 2.05) is 18.2 Å². The van der Waals surface area contributed by atoms with Gasteiger partial charge in [-0.1, -0.05) is 24.3 Å². The number of hydrogen-bond acceptors (Lipinski definition) is 2. The Labute approximate surface area is 98.8 Å². The summed E-state index contributed by atoms with van der Waals surface area (Å²) in [6, 6.07) is 9.89. The molecule has 84 valence electrons. The van der Waals surface area contributed by atoms with Gasteiger partial charge in [-0.25, -0.2) is 4.79 Å². The molecule has 1 aromatic carbocycles. The summed E-state index contributed by atoms with van der Waals surface area (Å²) in [6.07, 6.45) is 3.25. The molecule has 1 aliphatic carbocycles. The number of carbonyl (C=O) groups is 1. The summed E-state index contributed by atoms with van der Waals surface area (Å²) in [4.78, 5) is 15.2. The number of aromatic carboxylic acids is 1. The molecule has 1 heterocycles. The molecule has 0 saturated carbocycles. The van der Waals surface area contributed by atoms with Gasteiger partial charge in [-0.3, -0.25) is 4.98 Å². The maximum atomic E-state index is 10.9. The quantitative estimate of drug-likeness (QED) is 0.811. The molecule has 1 aromatic heterocycles. The average Bonchev–Trinajstić information content (AvgIpc) is 2.38. The van der Waals surface area contributed by atoms with Crippen molar-refractivity contribution in [3.8, 4) is 11.3 Å². The first-order valence-corrected chi connectivity index (χ1v) is 5.56. The van der Waals surface area contributed by atoms with Crippen molar-refractivity contribution in [2.45, 2.75) is 12.8 Å². The van der Waals surface area contributed by atoms with E-state index in [1.165, 1.54) is 11.8 Å². The van der Waals surface area contributed by atoms with E-state index in [0.29, 0.717) is 0 Å². The Morgan fingerprint density at radius 2 is 1.94 bits per heavy atom. The predicted molar refractivity (Wildman–Crippen MR) is 64.0 cm³/mol. The van der Waals surface area contributed by atoms with Gasteiger partial charge in [-0.15, -0.1) is 0 Å². The van der Waals surface area contributed by atoms with Crippen LogP contribution in [0, 0.1) is 0 Å². The van der Waals surface area contributed by atoms with Gasteiger partial charge in [0.2, 0.25) is 0 Å². The lowest BCUT2D eigenvalue weighted by atomic mass is 9.88. The molecule has 3 rings (SSSR count). The van der Waals surface area contributed by atoms with Gasteiger partial charge in [-0.05, 0) is 30.0 Å². The van der Waals surface area contributed by atoms with E-state index in [1.54, 1.807) is 6.07 Å². The Balaban J connectivity index is 2.18. The van der Waals surface area contributed by atoms with Gasteiger partial charge in [0.15, 0.2) is 0 Å². The number of pyridine rings is 1. The molecule has 1 aliphatic rings. The van der Waals surface area contributed by atoms with Crippen LogP contribution in [0.15, 0.2) is 36.5 Å². The molecule has 0 amide bonds. The highest BCUT2D eigenvalue weighted by molar-refractivity contribution is 5.88. The number of aromatic nitrogens is 1. The summed E-state index contributed by atoms with van der Waals surface area (Å²) in [5, 5.41) is 8.94. The SMILES string of the molecule is O=C(O)c1cnc2c(c1)CCc1ccccc1-2. The van der Waals surface area contributed by atoms with Crippen molar-refractivity contribution in [3.63, 3.8) is 0 Å². The van der Waals surface area contributed by atoms with Crippen LogP contribution in [0.25, 0.3) is 11.3 Å².